The van der Waals surface area contributed by atoms with Gasteiger partial charge < -0.3 is 9.88 Å². The lowest BCUT2D eigenvalue weighted by Gasteiger charge is -2.26. The van der Waals surface area contributed by atoms with Gasteiger partial charge in [-0.2, -0.15) is 0 Å². The van der Waals surface area contributed by atoms with Crippen LogP contribution in [0.2, 0.25) is 0 Å². The van der Waals surface area contributed by atoms with E-state index >= 15 is 0 Å². The molecule has 3 nitrogen and oxygen atoms in total. The highest BCUT2D eigenvalue weighted by Gasteiger charge is 2.28. The van der Waals surface area contributed by atoms with Crippen LogP contribution in [0, 0.1) is 0 Å². The predicted octanol–water partition coefficient (Wildman–Crippen LogP) is 3.93. The van der Waals surface area contributed by atoms with E-state index in [1.807, 2.05) is 12.5 Å². The number of nitrogens with one attached hydrogen (secondary N) is 1. The quantitative estimate of drug-likeness (QED) is 0.720. The first kappa shape index (κ1) is 14.6. The van der Waals surface area contributed by atoms with Crippen molar-refractivity contribution < 1.29 is 0 Å². The summed E-state index contributed by atoms with van der Waals surface area (Å²) in [5.74, 6) is 0. The van der Waals surface area contributed by atoms with Gasteiger partial charge >= 0.3 is 0 Å². The van der Waals surface area contributed by atoms with Crippen molar-refractivity contribution in [3.63, 3.8) is 0 Å². The van der Waals surface area contributed by atoms with Crippen molar-refractivity contribution in [1.82, 2.24) is 14.9 Å². The lowest BCUT2D eigenvalue weighted by atomic mass is 10.1. The molecule has 0 radical (unpaired) electrons. The fourth-order valence-electron chi connectivity index (χ4n) is 3.28. The summed E-state index contributed by atoms with van der Waals surface area (Å²) in [6.45, 7) is 4.62. The molecule has 19 heavy (non-hydrogen) atoms. The molecule has 0 aromatic carbocycles. The molecule has 0 amide bonds. The summed E-state index contributed by atoms with van der Waals surface area (Å²) in [7, 11) is 0. The van der Waals surface area contributed by atoms with E-state index in [0.29, 0.717) is 18.1 Å². The van der Waals surface area contributed by atoms with Crippen molar-refractivity contribution in [2.45, 2.75) is 83.3 Å². The monoisotopic (exact) mass is 263 g/mol. The highest BCUT2D eigenvalue weighted by Crippen LogP contribution is 2.30. The molecule has 3 heteroatoms. The van der Waals surface area contributed by atoms with E-state index in [2.05, 4.69) is 34.9 Å². The fourth-order valence-corrected chi connectivity index (χ4v) is 3.28. The molecule has 0 spiro atoms. The molecule has 1 aliphatic rings. The van der Waals surface area contributed by atoms with Gasteiger partial charge in [0.05, 0.1) is 6.33 Å². The number of rotatable bonds is 8. The van der Waals surface area contributed by atoms with Crippen LogP contribution >= 0.6 is 0 Å². The maximum Gasteiger partial charge on any atom is 0.0949 e. The van der Waals surface area contributed by atoms with Crippen LogP contribution in [0.1, 0.15) is 71.3 Å². The van der Waals surface area contributed by atoms with Crippen LogP contribution in [0.15, 0.2) is 18.7 Å². The van der Waals surface area contributed by atoms with Gasteiger partial charge in [0.1, 0.15) is 0 Å². The third kappa shape index (κ3) is 4.34. The second-order valence-electron chi connectivity index (χ2n) is 6.03. The largest absolute Gasteiger partial charge is 0.333 e. The minimum absolute atomic E-state index is 0.612. The van der Waals surface area contributed by atoms with Gasteiger partial charge in [-0.3, -0.25) is 0 Å². The zero-order chi connectivity index (χ0) is 13.5. The second-order valence-corrected chi connectivity index (χ2v) is 6.03. The highest BCUT2D eigenvalue weighted by atomic mass is 15.1. The summed E-state index contributed by atoms with van der Waals surface area (Å²) in [6, 6.07) is 1.89. The second kappa shape index (κ2) is 7.68. The first-order valence-electron chi connectivity index (χ1n) is 8.04. The average molecular weight is 263 g/mol. The Labute approximate surface area is 117 Å². The molecule has 3 atom stereocenters. The third-order valence-electron chi connectivity index (χ3n) is 4.38. The lowest BCUT2D eigenvalue weighted by Crippen LogP contribution is -2.39. The molecule has 1 fully saturated rings. The van der Waals surface area contributed by atoms with Gasteiger partial charge in [0.15, 0.2) is 0 Å². The summed E-state index contributed by atoms with van der Waals surface area (Å²) in [5, 5.41) is 3.85. The Kier molecular flexibility index (Phi) is 5.90. The Morgan fingerprint density at radius 1 is 1.32 bits per heavy atom. The maximum atomic E-state index is 4.19. The van der Waals surface area contributed by atoms with Crippen molar-refractivity contribution in [2.75, 3.05) is 0 Å². The van der Waals surface area contributed by atoms with E-state index in [4.69, 9.17) is 0 Å². The van der Waals surface area contributed by atoms with Gasteiger partial charge in [-0.15, -0.1) is 0 Å². The summed E-state index contributed by atoms with van der Waals surface area (Å²) in [5.41, 5.74) is 0. The number of nitrogens with zero attached hydrogens (tertiary/aromatic N) is 2. The normalized spacial score (nSPS) is 24.7. The summed E-state index contributed by atoms with van der Waals surface area (Å²) in [6.07, 6.45) is 16.7. The summed E-state index contributed by atoms with van der Waals surface area (Å²) >= 11 is 0. The summed E-state index contributed by atoms with van der Waals surface area (Å²) in [4.78, 5) is 4.19. The van der Waals surface area contributed by atoms with Crippen molar-refractivity contribution in [1.29, 1.82) is 0 Å². The van der Waals surface area contributed by atoms with Gasteiger partial charge in [-0.1, -0.05) is 32.6 Å². The molecular weight excluding hydrogens is 234 g/mol. The number of hydrogen-bond donors (Lipinski definition) is 1. The van der Waals surface area contributed by atoms with E-state index in [1.54, 1.807) is 0 Å². The van der Waals surface area contributed by atoms with Crippen LogP contribution in [0.4, 0.5) is 0 Å². The van der Waals surface area contributed by atoms with E-state index in [1.165, 1.54) is 51.4 Å². The standard InChI is InChI=1S/C16H29N3/c1-3-4-5-6-8-14(2)18-15-9-7-10-16(15)19-12-11-17-13-19/h11-16,18H,3-10H2,1-2H3. The lowest BCUT2D eigenvalue weighted by molar-refractivity contribution is 0.346. The van der Waals surface area contributed by atoms with Crippen molar-refractivity contribution >= 4 is 0 Å². The van der Waals surface area contributed by atoms with E-state index < -0.39 is 0 Å². The Morgan fingerprint density at radius 3 is 2.95 bits per heavy atom. The molecule has 3 unspecified atom stereocenters. The summed E-state index contributed by atoms with van der Waals surface area (Å²) < 4.78 is 2.29. The van der Waals surface area contributed by atoms with E-state index in [-0.39, 0.29) is 0 Å². The van der Waals surface area contributed by atoms with Crippen molar-refractivity contribution in [3.8, 4) is 0 Å². The smallest absolute Gasteiger partial charge is 0.0949 e. The molecule has 1 aliphatic carbocycles. The molecule has 1 heterocycles. The molecule has 0 aliphatic heterocycles. The van der Waals surface area contributed by atoms with Crippen molar-refractivity contribution in [3.05, 3.63) is 18.7 Å². The Balaban J connectivity index is 1.74. The Morgan fingerprint density at radius 2 is 2.21 bits per heavy atom. The van der Waals surface area contributed by atoms with Crippen LogP contribution in [-0.4, -0.2) is 21.6 Å². The van der Waals surface area contributed by atoms with Crippen LogP contribution in [0.3, 0.4) is 0 Å². The van der Waals surface area contributed by atoms with E-state index in [9.17, 15) is 0 Å². The molecular formula is C16H29N3. The first-order chi connectivity index (χ1) is 9.31. The molecule has 2 rings (SSSR count). The van der Waals surface area contributed by atoms with Gasteiger partial charge in [0.2, 0.25) is 0 Å². The van der Waals surface area contributed by atoms with Gasteiger partial charge in [-0.25, -0.2) is 4.98 Å². The third-order valence-corrected chi connectivity index (χ3v) is 4.38. The van der Waals surface area contributed by atoms with Crippen LogP contribution in [0.5, 0.6) is 0 Å². The van der Waals surface area contributed by atoms with Crippen LogP contribution in [-0.2, 0) is 0 Å². The fraction of sp³-hybridized carbons (Fsp3) is 0.812. The number of hydrogen-bond acceptors (Lipinski definition) is 2. The molecule has 108 valence electrons. The molecule has 1 aromatic rings. The van der Waals surface area contributed by atoms with Crippen molar-refractivity contribution in [2.24, 2.45) is 0 Å². The minimum atomic E-state index is 0.612. The Hall–Kier alpha value is -0.830. The highest BCUT2D eigenvalue weighted by molar-refractivity contribution is 4.92. The van der Waals surface area contributed by atoms with Gasteiger partial charge in [-0.05, 0) is 32.6 Å². The van der Waals surface area contributed by atoms with Gasteiger partial charge in [0.25, 0.3) is 0 Å². The number of aromatic nitrogens is 2. The number of imidazole rings is 1. The van der Waals surface area contributed by atoms with Gasteiger partial charge in [0, 0.05) is 30.5 Å². The topological polar surface area (TPSA) is 29.9 Å². The molecule has 1 N–H and O–H groups in total. The minimum Gasteiger partial charge on any atom is -0.333 e. The maximum absolute atomic E-state index is 4.19. The van der Waals surface area contributed by atoms with Crippen LogP contribution < -0.4 is 5.32 Å². The number of unbranched alkanes of at least 4 members (excludes halogenated alkanes) is 3. The van der Waals surface area contributed by atoms with Crippen LogP contribution in [0.25, 0.3) is 0 Å². The SMILES string of the molecule is CCCCCCC(C)NC1CCCC1n1ccnc1. The zero-order valence-corrected chi connectivity index (χ0v) is 12.5. The molecule has 1 saturated carbocycles. The predicted molar refractivity (Wildman–Crippen MR) is 80.3 cm³/mol. The molecule has 0 saturated heterocycles. The molecule has 1 aromatic heterocycles. The Bertz CT molecular complexity index is 334. The zero-order valence-electron chi connectivity index (χ0n) is 12.5. The van der Waals surface area contributed by atoms with E-state index in [0.717, 1.165) is 0 Å². The first-order valence-corrected chi connectivity index (χ1v) is 8.04. The molecule has 0 bridgehead atoms. The average Bonchev–Trinajstić information content (AvgIpc) is 3.04.